The molecule has 3 saturated heterocycles. The van der Waals surface area contributed by atoms with E-state index < -0.39 is 0 Å². The van der Waals surface area contributed by atoms with E-state index in [1.807, 2.05) is 0 Å². The Bertz CT molecular complexity index is 592. The fourth-order valence-electron chi connectivity index (χ4n) is 5.65. The zero-order chi connectivity index (χ0) is 22.9. The van der Waals surface area contributed by atoms with Crippen LogP contribution in [0.2, 0.25) is 0 Å². The van der Waals surface area contributed by atoms with Crippen LogP contribution >= 0.6 is 24.0 Å². The van der Waals surface area contributed by atoms with Crippen molar-refractivity contribution in [1.82, 2.24) is 24.9 Å². The Labute approximate surface area is 219 Å². The highest BCUT2D eigenvalue weighted by Crippen LogP contribution is 2.22. The fraction of sp³-hybridized carbons (Fsp3) is 0.920. The predicted octanol–water partition coefficient (Wildman–Crippen LogP) is 2.81. The number of likely N-dealkylation sites (tertiary alicyclic amines) is 2. The Hall–Kier alpha value is -0.610. The van der Waals surface area contributed by atoms with Crippen LogP contribution in [0.3, 0.4) is 0 Å². The molecule has 0 aliphatic carbocycles. The summed E-state index contributed by atoms with van der Waals surface area (Å²) in [6.45, 7) is 20.6. The lowest BCUT2D eigenvalue weighted by atomic mass is 9.92. The van der Waals surface area contributed by atoms with Gasteiger partial charge in [-0.25, -0.2) is 0 Å². The van der Waals surface area contributed by atoms with E-state index in [0.29, 0.717) is 24.3 Å². The maximum Gasteiger partial charge on any atom is 0.236 e. The number of carbonyl (C=O) groups excluding carboxylic acids is 1. The molecule has 0 spiro atoms. The van der Waals surface area contributed by atoms with Gasteiger partial charge in [0.1, 0.15) is 0 Å². The number of carbonyl (C=O) groups is 1. The van der Waals surface area contributed by atoms with Crippen LogP contribution < -0.4 is 5.32 Å². The van der Waals surface area contributed by atoms with Crippen LogP contribution in [0.25, 0.3) is 0 Å². The van der Waals surface area contributed by atoms with Gasteiger partial charge < -0.3 is 20.0 Å². The van der Waals surface area contributed by atoms with Crippen molar-refractivity contribution in [3.63, 3.8) is 0 Å². The van der Waals surface area contributed by atoms with Gasteiger partial charge in [-0.1, -0.05) is 20.8 Å². The Morgan fingerprint density at radius 2 is 1.55 bits per heavy atom. The second kappa shape index (κ2) is 14.7. The molecule has 3 fully saturated rings. The Balaban J connectivity index is 0.00000385. The van der Waals surface area contributed by atoms with Crippen molar-refractivity contribution in [2.45, 2.75) is 53.4 Å². The van der Waals surface area contributed by atoms with Crippen LogP contribution in [0, 0.1) is 17.8 Å². The first-order valence-electron chi connectivity index (χ1n) is 13.2. The lowest BCUT2D eigenvalue weighted by Gasteiger charge is -2.39. The van der Waals surface area contributed by atoms with Crippen LogP contribution in [0.4, 0.5) is 0 Å². The number of piperazine rings is 1. The Morgan fingerprint density at radius 3 is 2.12 bits per heavy atom. The number of aliphatic imine (C=N–C) groups is 1. The van der Waals surface area contributed by atoms with E-state index in [1.165, 1.54) is 45.3 Å². The summed E-state index contributed by atoms with van der Waals surface area (Å²) in [5, 5.41) is 3.50. The average Bonchev–Trinajstić information content (AvgIpc) is 2.79. The summed E-state index contributed by atoms with van der Waals surface area (Å²) in [4.78, 5) is 27.2. The third-order valence-corrected chi connectivity index (χ3v) is 7.54. The van der Waals surface area contributed by atoms with Crippen molar-refractivity contribution in [2.24, 2.45) is 22.7 Å². The van der Waals surface area contributed by atoms with Gasteiger partial charge in [0.05, 0.1) is 6.54 Å². The van der Waals surface area contributed by atoms with Crippen molar-refractivity contribution in [2.75, 3.05) is 78.5 Å². The summed E-state index contributed by atoms with van der Waals surface area (Å²) < 4.78 is 0. The molecule has 33 heavy (non-hydrogen) atoms. The molecule has 2 atom stereocenters. The van der Waals surface area contributed by atoms with Crippen molar-refractivity contribution in [3.05, 3.63) is 0 Å². The zero-order valence-corrected chi connectivity index (χ0v) is 23.9. The molecule has 3 aliphatic heterocycles. The standard InChI is InChI=1S/C25H48N6O.HI/c1-5-26-25(27-10-7-23-8-11-28(6-2)12-9-23)30-15-13-29(14-16-30)20-24(32)31-18-21(3)17-22(4)19-31;/h21-23H,5-20H2,1-4H3,(H,26,27);1H. The maximum absolute atomic E-state index is 12.8. The van der Waals surface area contributed by atoms with E-state index in [1.54, 1.807) is 0 Å². The summed E-state index contributed by atoms with van der Waals surface area (Å²) >= 11 is 0. The summed E-state index contributed by atoms with van der Waals surface area (Å²) in [5.41, 5.74) is 0. The van der Waals surface area contributed by atoms with Crippen LogP contribution in [0.5, 0.6) is 0 Å². The molecule has 3 rings (SSSR count). The van der Waals surface area contributed by atoms with Crippen molar-refractivity contribution in [3.8, 4) is 0 Å². The van der Waals surface area contributed by atoms with E-state index in [-0.39, 0.29) is 24.0 Å². The number of nitrogens with one attached hydrogen (secondary N) is 1. The van der Waals surface area contributed by atoms with E-state index in [9.17, 15) is 4.79 Å². The fourth-order valence-corrected chi connectivity index (χ4v) is 5.65. The quantitative estimate of drug-likeness (QED) is 0.287. The number of halogens is 1. The highest BCUT2D eigenvalue weighted by Gasteiger charge is 2.28. The minimum atomic E-state index is 0. The smallest absolute Gasteiger partial charge is 0.236 e. The molecule has 1 amide bonds. The summed E-state index contributed by atoms with van der Waals surface area (Å²) in [6.07, 6.45) is 5.09. The maximum atomic E-state index is 12.8. The molecule has 8 heteroatoms. The van der Waals surface area contributed by atoms with Gasteiger partial charge in [0, 0.05) is 52.4 Å². The van der Waals surface area contributed by atoms with Gasteiger partial charge in [-0.05, 0) is 70.0 Å². The summed E-state index contributed by atoms with van der Waals surface area (Å²) in [7, 11) is 0. The molecule has 0 aromatic heterocycles. The van der Waals surface area contributed by atoms with Gasteiger partial charge >= 0.3 is 0 Å². The first kappa shape index (κ1) is 28.6. The number of hydrogen-bond donors (Lipinski definition) is 1. The first-order chi connectivity index (χ1) is 15.5. The number of hydrogen-bond acceptors (Lipinski definition) is 4. The molecule has 2 unspecified atom stereocenters. The third-order valence-electron chi connectivity index (χ3n) is 7.54. The minimum Gasteiger partial charge on any atom is -0.357 e. The number of nitrogens with zero attached hydrogens (tertiary/aromatic N) is 5. The molecular formula is C25H49IN6O. The molecule has 0 aromatic rings. The van der Waals surface area contributed by atoms with E-state index >= 15 is 0 Å². The number of amides is 1. The molecular weight excluding hydrogens is 527 g/mol. The van der Waals surface area contributed by atoms with Crippen molar-refractivity contribution < 1.29 is 4.79 Å². The van der Waals surface area contributed by atoms with E-state index in [2.05, 4.69) is 52.6 Å². The van der Waals surface area contributed by atoms with E-state index in [0.717, 1.165) is 64.2 Å². The highest BCUT2D eigenvalue weighted by atomic mass is 127. The largest absolute Gasteiger partial charge is 0.357 e. The molecule has 0 aromatic carbocycles. The van der Waals surface area contributed by atoms with Gasteiger partial charge in [-0.3, -0.25) is 14.7 Å². The monoisotopic (exact) mass is 576 g/mol. The summed E-state index contributed by atoms with van der Waals surface area (Å²) in [6, 6.07) is 0. The molecule has 0 radical (unpaired) electrons. The minimum absolute atomic E-state index is 0. The second-order valence-electron chi connectivity index (χ2n) is 10.4. The van der Waals surface area contributed by atoms with Crippen molar-refractivity contribution in [1.29, 1.82) is 0 Å². The SMILES string of the molecule is CCNC(=NCCC1CCN(CC)CC1)N1CCN(CC(=O)N2CC(C)CC(C)C2)CC1.I. The van der Waals surface area contributed by atoms with Gasteiger partial charge in [0.25, 0.3) is 0 Å². The highest BCUT2D eigenvalue weighted by molar-refractivity contribution is 14.0. The van der Waals surface area contributed by atoms with E-state index in [4.69, 9.17) is 4.99 Å². The van der Waals surface area contributed by atoms with Crippen molar-refractivity contribution >= 4 is 35.8 Å². The Morgan fingerprint density at radius 1 is 0.909 bits per heavy atom. The number of piperidine rings is 2. The molecule has 3 heterocycles. The topological polar surface area (TPSA) is 54.4 Å². The zero-order valence-electron chi connectivity index (χ0n) is 21.6. The number of rotatable bonds is 7. The Kier molecular flexibility index (Phi) is 12.8. The lowest BCUT2D eigenvalue weighted by Crippen LogP contribution is -2.55. The van der Waals surface area contributed by atoms with Gasteiger partial charge in [-0.15, -0.1) is 24.0 Å². The van der Waals surface area contributed by atoms with Gasteiger partial charge in [0.2, 0.25) is 5.91 Å². The van der Waals surface area contributed by atoms with Gasteiger partial charge in [-0.2, -0.15) is 0 Å². The van der Waals surface area contributed by atoms with Crippen LogP contribution in [-0.2, 0) is 4.79 Å². The first-order valence-corrected chi connectivity index (χ1v) is 13.2. The average molecular weight is 577 g/mol. The predicted molar refractivity (Wildman–Crippen MR) is 148 cm³/mol. The van der Waals surface area contributed by atoms with Crippen LogP contribution in [-0.4, -0.2) is 110 Å². The number of guanidine groups is 1. The van der Waals surface area contributed by atoms with Crippen LogP contribution in [0.15, 0.2) is 4.99 Å². The summed E-state index contributed by atoms with van der Waals surface area (Å²) in [5.74, 6) is 3.44. The molecule has 0 bridgehead atoms. The normalized spacial score (nSPS) is 26.2. The second-order valence-corrected chi connectivity index (χ2v) is 10.4. The third kappa shape index (κ3) is 9.17. The molecule has 7 nitrogen and oxygen atoms in total. The van der Waals surface area contributed by atoms with Gasteiger partial charge in [0.15, 0.2) is 5.96 Å². The lowest BCUT2D eigenvalue weighted by molar-refractivity contribution is -0.135. The molecule has 3 aliphatic rings. The van der Waals surface area contributed by atoms with Crippen LogP contribution in [0.1, 0.15) is 53.4 Å². The molecule has 192 valence electrons. The molecule has 0 saturated carbocycles. The molecule has 1 N–H and O–H groups in total.